The summed E-state index contributed by atoms with van der Waals surface area (Å²) in [6.07, 6.45) is 2.79. The molecule has 0 saturated carbocycles. The summed E-state index contributed by atoms with van der Waals surface area (Å²) in [6.45, 7) is 6.02. The van der Waals surface area contributed by atoms with E-state index in [1.807, 2.05) is 6.92 Å². The number of hydrogen-bond donors (Lipinski definition) is 5. The molecular weight excluding hydrogens is 539 g/mol. The van der Waals surface area contributed by atoms with Gasteiger partial charge >= 0.3 is 11.9 Å². The predicted molar refractivity (Wildman–Crippen MR) is 146 cm³/mol. The number of β-amino-alcohol motifs (C(OH)–C–C–N with tert-alkyl or cyclic N) is 1. The van der Waals surface area contributed by atoms with E-state index in [-0.39, 0.29) is 18.4 Å². The lowest BCUT2D eigenvalue weighted by atomic mass is 10.0. The van der Waals surface area contributed by atoms with Gasteiger partial charge in [0.25, 0.3) is 11.8 Å². The fraction of sp³-hybridized carbons (Fsp3) is 0.357. The normalized spacial score (nSPS) is 18.5. The lowest BCUT2D eigenvalue weighted by Gasteiger charge is -2.32. The number of nitrogens with zero attached hydrogens (tertiary/aromatic N) is 2. The van der Waals surface area contributed by atoms with Gasteiger partial charge in [-0.1, -0.05) is 0 Å². The minimum Gasteiger partial charge on any atom is -0.478 e. The number of ether oxygens (including phenoxy) is 1. The van der Waals surface area contributed by atoms with Crippen molar-refractivity contribution in [3.05, 3.63) is 64.2 Å². The van der Waals surface area contributed by atoms with Gasteiger partial charge in [0.15, 0.2) is 0 Å². The maximum atomic E-state index is 13.8. The molecule has 4 heterocycles. The zero-order valence-corrected chi connectivity index (χ0v) is 22.4. The summed E-state index contributed by atoms with van der Waals surface area (Å²) in [7, 11) is 0. The second-order valence-electron chi connectivity index (χ2n) is 9.80. The molecule has 0 aliphatic carbocycles. The predicted octanol–water partition coefficient (Wildman–Crippen LogP) is 1.36. The second-order valence-corrected chi connectivity index (χ2v) is 9.80. The number of halogens is 1. The summed E-state index contributed by atoms with van der Waals surface area (Å²) >= 11 is 0. The first-order valence-corrected chi connectivity index (χ1v) is 13.0. The highest BCUT2D eigenvalue weighted by Crippen LogP contribution is 2.35. The molecule has 2 aromatic rings. The third-order valence-corrected chi connectivity index (χ3v) is 6.92. The van der Waals surface area contributed by atoms with Crippen LogP contribution >= 0.6 is 0 Å². The van der Waals surface area contributed by atoms with Crippen molar-refractivity contribution < 1.29 is 43.6 Å². The number of fused-ring (bicyclic) bond motifs is 2. The number of aliphatic hydroxyl groups is 1. The minimum atomic E-state index is -1.26. The Morgan fingerprint density at radius 1 is 1.10 bits per heavy atom. The Kier molecular flexibility index (Phi) is 9.32. The maximum Gasteiger partial charge on any atom is 0.328 e. The van der Waals surface area contributed by atoms with Crippen LogP contribution < -0.4 is 5.32 Å². The quantitative estimate of drug-likeness (QED) is 0.308. The van der Waals surface area contributed by atoms with Gasteiger partial charge in [-0.15, -0.1) is 0 Å². The Balaban J connectivity index is 0.000000426. The van der Waals surface area contributed by atoms with E-state index in [1.165, 1.54) is 12.1 Å². The highest BCUT2D eigenvalue weighted by Gasteiger charge is 2.32. The number of aliphatic carboxylic acids is 2. The van der Waals surface area contributed by atoms with Gasteiger partial charge in [0.1, 0.15) is 5.82 Å². The molecule has 0 bridgehead atoms. The molecule has 41 heavy (non-hydrogen) atoms. The highest BCUT2D eigenvalue weighted by atomic mass is 19.1. The van der Waals surface area contributed by atoms with Crippen LogP contribution in [0.3, 0.4) is 0 Å². The van der Waals surface area contributed by atoms with Crippen LogP contribution in [-0.2, 0) is 25.5 Å². The van der Waals surface area contributed by atoms with Crippen LogP contribution in [0, 0.1) is 12.7 Å². The number of carboxylic acids is 2. The van der Waals surface area contributed by atoms with E-state index in [2.05, 4.69) is 15.2 Å². The Morgan fingerprint density at radius 2 is 1.78 bits per heavy atom. The zero-order chi connectivity index (χ0) is 29.7. The van der Waals surface area contributed by atoms with Gasteiger partial charge in [0.2, 0.25) is 0 Å². The number of aromatic nitrogens is 1. The van der Waals surface area contributed by atoms with E-state index in [4.69, 9.17) is 14.9 Å². The minimum absolute atomic E-state index is 0.127. The van der Waals surface area contributed by atoms with Gasteiger partial charge in [0.05, 0.1) is 30.5 Å². The van der Waals surface area contributed by atoms with E-state index >= 15 is 0 Å². The van der Waals surface area contributed by atoms with Crippen LogP contribution in [-0.4, -0.2) is 106 Å². The lowest BCUT2D eigenvalue weighted by molar-refractivity contribution is -0.134. The molecule has 5 rings (SSSR count). The van der Waals surface area contributed by atoms with Crippen molar-refractivity contribution in [2.45, 2.75) is 19.4 Å². The zero-order valence-electron chi connectivity index (χ0n) is 22.4. The highest BCUT2D eigenvalue weighted by molar-refractivity contribution is 6.35. The van der Waals surface area contributed by atoms with Gasteiger partial charge < -0.3 is 35.3 Å². The molecule has 2 amide bonds. The molecule has 5 N–H and O–H groups in total. The van der Waals surface area contributed by atoms with Crippen molar-refractivity contribution in [3.8, 4) is 0 Å². The second kappa shape index (κ2) is 12.9. The number of carbonyl (C=O) groups excluding carboxylic acids is 2. The average Bonchev–Trinajstić information content (AvgIpc) is 3.41. The first-order valence-electron chi connectivity index (χ1n) is 13.0. The largest absolute Gasteiger partial charge is 0.478 e. The number of benzene rings is 1. The van der Waals surface area contributed by atoms with Crippen LogP contribution in [0.4, 0.5) is 10.1 Å². The molecular formula is C28H31FN4O8. The smallest absolute Gasteiger partial charge is 0.328 e. The fourth-order valence-electron chi connectivity index (χ4n) is 4.97. The molecule has 3 aliphatic rings. The molecule has 1 fully saturated rings. The van der Waals surface area contributed by atoms with Gasteiger partial charge in [-0.3, -0.25) is 14.5 Å². The number of hydrogen-bond acceptors (Lipinski definition) is 7. The number of aliphatic hydroxyl groups excluding tert-OH is 1. The number of amides is 2. The Bertz CT molecular complexity index is 1390. The summed E-state index contributed by atoms with van der Waals surface area (Å²) in [4.78, 5) is 51.9. The number of aromatic amines is 1. The fourth-order valence-corrected chi connectivity index (χ4v) is 4.97. The van der Waals surface area contributed by atoms with Crippen molar-refractivity contribution in [1.82, 2.24) is 14.8 Å². The summed E-state index contributed by atoms with van der Waals surface area (Å²) in [5.74, 6) is -3.36. The molecule has 12 nitrogen and oxygen atoms in total. The van der Waals surface area contributed by atoms with Crippen LogP contribution in [0.5, 0.6) is 0 Å². The summed E-state index contributed by atoms with van der Waals surface area (Å²) in [5, 5.41) is 28.9. The molecule has 1 aromatic heterocycles. The molecule has 13 heteroatoms. The summed E-state index contributed by atoms with van der Waals surface area (Å²) in [6, 6.07) is 4.18. The van der Waals surface area contributed by atoms with E-state index in [9.17, 15) is 28.7 Å². The first-order chi connectivity index (χ1) is 19.5. The molecule has 1 aromatic carbocycles. The number of nitrogens with one attached hydrogen (secondary N) is 2. The number of rotatable bonds is 7. The third-order valence-electron chi connectivity index (χ3n) is 6.92. The lowest BCUT2D eigenvalue weighted by Crippen LogP contribution is -2.47. The third kappa shape index (κ3) is 7.25. The molecule has 0 radical (unpaired) electrons. The number of anilines is 1. The molecule has 1 atom stereocenters. The molecule has 0 spiro atoms. The van der Waals surface area contributed by atoms with Gasteiger partial charge in [0, 0.05) is 73.9 Å². The van der Waals surface area contributed by atoms with E-state index in [0.29, 0.717) is 73.0 Å². The number of H-pyrrole nitrogens is 1. The molecule has 1 saturated heterocycles. The molecule has 218 valence electrons. The van der Waals surface area contributed by atoms with Crippen LogP contribution in [0.1, 0.15) is 32.9 Å². The van der Waals surface area contributed by atoms with Crippen molar-refractivity contribution in [1.29, 1.82) is 0 Å². The van der Waals surface area contributed by atoms with E-state index < -0.39 is 23.9 Å². The number of morpholine rings is 1. The summed E-state index contributed by atoms with van der Waals surface area (Å²) in [5.41, 5.74) is 4.24. The monoisotopic (exact) mass is 570 g/mol. The molecule has 0 unspecified atom stereocenters. The van der Waals surface area contributed by atoms with Crippen molar-refractivity contribution >= 4 is 41.1 Å². The number of carbonyl (C=O) groups is 4. The van der Waals surface area contributed by atoms with Crippen molar-refractivity contribution in [2.75, 3.05) is 51.3 Å². The topological polar surface area (TPSA) is 172 Å². The molecule has 3 aliphatic heterocycles. The maximum absolute atomic E-state index is 13.8. The van der Waals surface area contributed by atoms with E-state index in [1.54, 1.807) is 17.0 Å². The summed E-state index contributed by atoms with van der Waals surface area (Å²) < 4.78 is 19.1. The van der Waals surface area contributed by atoms with Crippen molar-refractivity contribution in [2.24, 2.45) is 0 Å². The van der Waals surface area contributed by atoms with Gasteiger partial charge in [-0.05, 0) is 36.8 Å². The van der Waals surface area contributed by atoms with Crippen molar-refractivity contribution in [3.63, 3.8) is 0 Å². The SMILES string of the molecule is Cc1c(C=C2C(=O)Nc3ccc(F)cc32)[nH]c2c1C(=O)N(C[C@H](O)CN1CCOCC1)CC2.O=C(O)C=CC(=O)O. The van der Waals surface area contributed by atoms with Crippen LogP contribution in [0.15, 0.2) is 30.4 Å². The average molecular weight is 571 g/mol. The van der Waals surface area contributed by atoms with E-state index in [0.717, 1.165) is 24.3 Å². The van der Waals surface area contributed by atoms with Crippen LogP contribution in [0.25, 0.3) is 11.6 Å². The Hall–Kier alpha value is -4.33. The van der Waals surface area contributed by atoms with Gasteiger partial charge in [-0.2, -0.15) is 0 Å². The Labute approximate surface area is 234 Å². The number of carboxylic acid groups (broad SMARTS) is 2. The van der Waals surface area contributed by atoms with Gasteiger partial charge in [-0.25, -0.2) is 14.0 Å². The first kappa shape index (κ1) is 29.6. The van der Waals surface area contributed by atoms with Crippen LogP contribution in [0.2, 0.25) is 0 Å². The standard InChI is InChI=1S/C24H27FN4O4.C4H4O4/c1-14-21(11-18-17-10-15(25)2-3-19(17)27-23(18)31)26-20-4-5-29(24(32)22(14)20)13-16(30)12-28-6-8-33-9-7-28;5-3(6)1-2-4(7)8/h2-3,10-11,16,26,30H,4-9,12-13H2,1H3,(H,27,31);1-2H,(H,5,6)(H,7,8)/t16-;/m1./s1. The Morgan fingerprint density at radius 3 is 2.44 bits per heavy atom.